The Bertz CT molecular complexity index is 256. The molecule has 0 radical (unpaired) electrons. The second-order valence-electron chi connectivity index (χ2n) is 5.08. The van der Waals surface area contributed by atoms with E-state index in [2.05, 4.69) is 10.2 Å². The van der Waals surface area contributed by atoms with E-state index < -0.39 is 0 Å². The Balaban J connectivity index is 1.81. The highest BCUT2D eigenvalue weighted by atomic mass is 16.5. The van der Waals surface area contributed by atoms with Gasteiger partial charge in [-0.1, -0.05) is 0 Å². The van der Waals surface area contributed by atoms with Crippen LogP contribution < -0.4 is 5.32 Å². The molecule has 0 spiro atoms. The van der Waals surface area contributed by atoms with Gasteiger partial charge in [-0.25, -0.2) is 0 Å². The zero-order chi connectivity index (χ0) is 12.3. The fourth-order valence-corrected chi connectivity index (χ4v) is 2.54. The van der Waals surface area contributed by atoms with Gasteiger partial charge in [-0.2, -0.15) is 0 Å². The maximum Gasteiger partial charge on any atom is 0.236 e. The number of hydrogen-bond donors (Lipinski definition) is 1. The van der Waals surface area contributed by atoms with Crippen LogP contribution in [-0.2, 0) is 9.53 Å². The van der Waals surface area contributed by atoms with E-state index >= 15 is 0 Å². The molecule has 0 bridgehead atoms. The molecule has 2 aliphatic heterocycles. The Hall–Kier alpha value is -0.650. The third kappa shape index (κ3) is 3.66. The molecule has 0 aromatic rings. The Kier molecular flexibility index (Phi) is 4.36. The molecular formula is C12H23N3O2. The molecule has 2 aliphatic rings. The molecule has 2 atom stereocenters. The molecule has 2 heterocycles. The second-order valence-corrected chi connectivity index (χ2v) is 5.08. The second kappa shape index (κ2) is 5.80. The van der Waals surface area contributed by atoms with Crippen molar-refractivity contribution >= 4 is 5.91 Å². The number of piperazine rings is 1. The van der Waals surface area contributed by atoms with Crippen molar-refractivity contribution in [2.75, 3.05) is 45.8 Å². The Labute approximate surface area is 103 Å². The molecule has 0 aromatic heterocycles. The Morgan fingerprint density at radius 2 is 1.82 bits per heavy atom. The van der Waals surface area contributed by atoms with Crippen molar-refractivity contribution in [2.24, 2.45) is 0 Å². The van der Waals surface area contributed by atoms with Gasteiger partial charge in [0.15, 0.2) is 0 Å². The monoisotopic (exact) mass is 241 g/mol. The van der Waals surface area contributed by atoms with Crippen molar-refractivity contribution in [1.29, 1.82) is 0 Å². The normalized spacial score (nSPS) is 31.5. The smallest absolute Gasteiger partial charge is 0.236 e. The summed E-state index contributed by atoms with van der Waals surface area (Å²) in [5.41, 5.74) is 0. The molecule has 2 rings (SSSR count). The van der Waals surface area contributed by atoms with Gasteiger partial charge in [-0.3, -0.25) is 9.69 Å². The van der Waals surface area contributed by atoms with Crippen LogP contribution in [0, 0.1) is 0 Å². The molecular weight excluding hydrogens is 218 g/mol. The first kappa shape index (κ1) is 12.8. The lowest BCUT2D eigenvalue weighted by molar-refractivity contribution is -0.144. The van der Waals surface area contributed by atoms with Gasteiger partial charge < -0.3 is 15.0 Å². The third-order valence-corrected chi connectivity index (χ3v) is 3.34. The van der Waals surface area contributed by atoms with Crippen molar-refractivity contribution in [1.82, 2.24) is 15.1 Å². The number of carbonyl (C=O) groups is 1. The molecule has 17 heavy (non-hydrogen) atoms. The molecule has 0 saturated carbocycles. The van der Waals surface area contributed by atoms with E-state index in [1.54, 1.807) is 0 Å². The number of morpholine rings is 1. The van der Waals surface area contributed by atoms with Crippen molar-refractivity contribution in [3.05, 3.63) is 0 Å². The molecule has 1 N–H and O–H groups in total. The summed E-state index contributed by atoms with van der Waals surface area (Å²) in [4.78, 5) is 16.3. The molecule has 1 amide bonds. The Morgan fingerprint density at radius 3 is 2.41 bits per heavy atom. The summed E-state index contributed by atoms with van der Waals surface area (Å²) in [5.74, 6) is 0.244. The van der Waals surface area contributed by atoms with E-state index in [-0.39, 0.29) is 18.1 Å². The highest BCUT2D eigenvalue weighted by Crippen LogP contribution is 2.11. The summed E-state index contributed by atoms with van der Waals surface area (Å²) in [6, 6.07) is 0. The molecule has 98 valence electrons. The zero-order valence-electron chi connectivity index (χ0n) is 10.8. The summed E-state index contributed by atoms with van der Waals surface area (Å²) in [6.45, 7) is 10.0. The highest BCUT2D eigenvalue weighted by molar-refractivity contribution is 5.78. The average molecular weight is 241 g/mol. The fourth-order valence-electron chi connectivity index (χ4n) is 2.54. The summed E-state index contributed by atoms with van der Waals surface area (Å²) in [7, 11) is 0. The van der Waals surface area contributed by atoms with Crippen molar-refractivity contribution in [3.8, 4) is 0 Å². The largest absolute Gasteiger partial charge is 0.372 e. The quantitative estimate of drug-likeness (QED) is 0.710. The first-order valence-electron chi connectivity index (χ1n) is 6.51. The summed E-state index contributed by atoms with van der Waals surface area (Å²) < 4.78 is 5.64. The van der Waals surface area contributed by atoms with Crippen LogP contribution in [0.5, 0.6) is 0 Å². The van der Waals surface area contributed by atoms with E-state index in [0.717, 1.165) is 39.3 Å². The molecule has 0 aliphatic carbocycles. The number of hydrogen-bond acceptors (Lipinski definition) is 4. The van der Waals surface area contributed by atoms with Crippen LogP contribution in [-0.4, -0.2) is 73.7 Å². The van der Waals surface area contributed by atoms with Crippen LogP contribution >= 0.6 is 0 Å². The van der Waals surface area contributed by atoms with Gasteiger partial charge in [0.25, 0.3) is 0 Å². The third-order valence-electron chi connectivity index (χ3n) is 3.34. The van der Waals surface area contributed by atoms with Crippen LogP contribution in [0.1, 0.15) is 13.8 Å². The number of amides is 1. The minimum atomic E-state index is 0.158. The SMILES string of the molecule is CC1CN(C(=O)CN2CCNCC2)CC(C)O1. The van der Waals surface area contributed by atoms with Crippen LogP contribution in [0.4, 0.5) is 0 Å². The lowest BCUT2D eigenvalue weighted by Gasteiger charge is -2.37. The molecule has 5 nitrogen and oxygen atoms in total. The maximum absolute atomic E-state index is 12.2. The highest BCUT2D eigenvalue weighted by Gasteiger charge is 2.26. The predicted molar refractivity (Wildman–Crippen MR) is 65.9 cm³/mol. The fraction of sp³-hybridized carbons (Fsp3) is 0.917. The number of ether oxygens (including phenoxy) is 1. The molecule has 5 heteroatoms. The summed E-state index contributed by atoms with van der Waals surface area (Å²) >= 11 is 0. The van der Waals surface area contributed by atoms with Crippen molar-refractivity contribution in [2.45, 2.75) is 26.1 Å². The molecule has 2 unspecified atom stereocenters. The topological polar surface area (TPSA) is 44.8 Å². The standard InChI is InChI=1S/C12H23N3O2/c1-10-7-15(8-11(2)17-10)12(16)9-14-5-3-13-4-6-14/h10-11,13H,3-9H2,1-2H3. The first-order valence-corrected chi connectivity index (χ1v) is 6.51. The van der Waals surface area contributed by atoms with Crippen LogP contribution in [0.15, 0.2) is 0 Å². The summed E-state index contributed by atoms with van der Waals surface area (Å²) in [5, 5.41) is 3.30. The van der Waals surface area contributed by atoms with Crippen molar-refractivity contribution in [3.63, 3.8) is 0 Å². The van der Waals surface area contributed by atoms with Gasteiger partial charge in [0, 0.05) is 39.3 Å². The van der Waals surface area contributed by atoms with Crippen molar-refractivity contribution < 1.29 is 9.53 Å². The van der Waals surface area contributed by atoms with Crippen LogP contribution in [0.3, 0.4) is 0 Å². The Morgan fingerprint density at radius 1 is 1.24 bits per heavy atom. The molecule has 2 saturated heterocycles. The maximum atomic E-state index is 12.2. The van der Waals surface area contributed by atoms with Gasteiger partial charge in [-0.05, 0) is 13.8 Å². The van der Waals surface area contributed by atoms with E-state index in [0.29, 0.717) is 6.54 Å². The van der Waals surface area contributed by atoms with Gasteiger partial charge in [0.05, 0.1) is 18.8 Å². The molecule has 0 aromatic carbocycles. The molecule has 2 fully saturated rings. The van der Waals surface area contributed by atoms with Gasteiger partial charge >= 0.3 is 0 Å². The van der Waals surface area contributed by atoms with Gasteiger partial charge in [0.1, 0.15) is 0 Å². The first-order chi connectivity index (χ1) is 8.15. The average Bonchev–Trinajstić information content (AvgIpc) is 2.29. The number of nitrogens with zero attached hydrogens (tertiary/aromatic N) is 2. The predicted octanol–water partition coefficient (Wildman–Crippen LogP) is -0.473. The van der Waals surface area contributed by atoms with Crippen LogP contribution in [0.25, 0.3) is 0 Å². The number of rotatable bonds is 2. The number of carbonyl (C=O) groups excluding carboxylic acids is 1. The van der Waals surface area contributed by atoms with E-state index in [9.17, 15) is 4.79 Å². The van der Waals surface area contributed by atoms with Gasteiger partial charge in [0.2, 0.25) is 5.91 Å². The van der Waals surface area contributed by atoms with E-state index in [1.165, 1.54) is 0 Å². The lowest BCUT2D eigenvalue weighted by Crippen LogP contribution is -2.53. The zero-order valence-corrected chi connectivity index (χ0v) is 10.8. The van der Waals surface area contributed by atoms with E-state index in [4.69, 9.17) is 4.74 Å². The number of nitrogens with one attached hydrogen (secondary N) is 1. The summed E-state index contributed by atoms with van der Waals surface area (Å²) in [6.07, 6.45) is 0.316. The van der Waals surface area contributed by atoms with Crippen LogP contribution in [0.2, 0.25) is 0 Å². The lowest BCUT2D eigenvalue weighted by atomic mass is 10.2. The van der Waals surface area contributed by atoms with Gasteiger partial charge in [-0.15, -0.1) is 0 Å². The van der Waals surface area contributed by atoms with E-state index in [1.807, 2.05) is 18.7 Å². The minimum absolute atomic E-state index is 0.158. The minimum Gasteiger partial charge on any atom is -0.372 e.